The van der Waals surface area contributed by atoms with Crippen molar-refractivity contribution in [2.24, 2.45) is 0 Å². The van der Waals surface area contributed by atoms with E-state index in [9.17, 15) is 35.9 Å². The Morgan fingerprint density at radius 2 is 1.79 bits per heavy atom. The molecule has 0 aliphatic carbocycles. The number of halogens is 6. The lowest BCUT2D eigenvalue weighted by atomic mass is 10.1. The molecule has 0 spiro atoms. The fraction of sp³-hybridized carbons (Fsp3) is 0.188. The van der Waals surface area contributed by atoms with Crippen LogP contribution < -0.4 is 5.56 Å². The summed E-state index contributed by atoms with van der Waals surface area (Å²) in [5.74, 6) is -5.66. The highest BCUT2D eigenvalue weighted by Crippen LogP contribution is 2.33. The Morgan fingerprint density at radius 1 is 1.14 bits per heavy atom. The topological polar surface area (TPSA) is 76.5 Å². The quantitative estimate of drug-likeness (QED) is 0.412. The monoisotopic (exact) mass is 405 g/mol. The number of nitrogens with zero attached hydrogens (tertiary/aromatic N) is 2. The number of benzene rings is 1. The summed E-state index contributed by atoms with van der Waals surface area (Å²) in [5.41, 5.74) is -5.83. The molecule has 12 heteroatoms. The van der Waals surface area contributed by atoms with Crippen LogP contribution in [-0.2, 0) is 10.9 Å². The van der Waals surface area contributed by atoms with Crippen molar-refractivity contribution in [3.05, 3.63) is 57.3 Å². The van der Waals surface area contributed by atoms with Gasteiger partial charge in [-0.05, 0) is 13.0 Å². The van der Waals surface area contributed by atoms with E-state index in [0.29, 0.717) is 12.1 Å². The second kappa shape index (κ2) is 6.69. The molecule has 0 aliphatic heterocycles. The molecule has 6 nitrogen and oxygen atoms in total. The second-order valence-electron chi connectivity index (χ2n) is 5.47. The van der Waals surface area contributed by atoms with Gasteiger partial charge in [0.15, 0.2) is 23.0 Å². The maximum Gasteiger partial charge on any atom is 0.436 e. The number of aromatic amines is 1. The number of esters is 1. The Bertz CT molecular complexity index is 1150. The van der Waals surface area contributed by atoms with Crippen molar-refractivity contribution in [1.82, 2.24) is 14.6 Å². The SMILES string of the molecule is CCOC(=O)c1c(C(F)(F)F)nn2c(=O)cc(-c3cc(F)c(F)cc3F)[nH]c12. The highest BCUT2D eigenvalue weighted by Gasteiger charge is 2.41. The third-order valence-corrected chi connectivity index (χ3v) is 3.66. The number of aromatic nitrogens is 3. The Kier molecular flexibility index (Phi) is 4.65. The summed E-state index contributed by atoms with van der Waals surface area (Å²) in [6.45, 7) is 1.08. The number of alkyl halides is 3. The van der Waals surface area contributed by atoms with E-state index in [0.717, 1.165) is 0 Å². The van der Waals surface area contributed by atoms with E-state index in [1.165, 1.54) is 6.92 Å². The Balaban J connectivity index is 2.36. The summed E-state index contributed by atoms with van der Waals surface area (Å²) in [6.07, 6.45) is -5.11. The molecule has 0 atom stereocenters. The molecule has 0 saturated heterocycles. The van der Waals surface area contributed by atoms with Crippen LogP contribution in [0.4, 0.5) is 26.3 Å². The summed E-state index contributed by atoms with van der Waals surface area (Å²) in [4.78, 5) is 26.5. The van der Waals surface area contributed by atoms with Crippen molar-refractivity contribution >= 4 is 11.6 Å². The number of hydrogen-bond acceptors (Lipinski definition) is 4. The fourth-order valence-corrected chi connectivity index (χ4v) is 2.51. The molecule has 1 aromatic carbocycles. The Hall–Kier alpha value is -3.31. The zero-order chi connectivity index (χ0) is 20.8. The van der Waals surface area contributed by atoms with E-state index in [4.69, 9.17) is 0 Å². The first-order chi connectivity index (χ1) is 13.0. The predicted octanol–water partition coefficient (Wildman–Crippen LogP) is 3.30. The highest BCUT2D eigenvalue weighted by molar-refractivity contribution is 5.97. The Morgan fingerprint density at radius 3 is 2.39 bits per heavy atom. The summed E-state index contributed by atoms with van der Waals surface area (Å²) in [7, 11) is 0. The van der Waals surface area contributed by atoms with Crippen LogP contribution in [0.1, 0.15) is 23.0 Å². The van der Waals surface area contributed by atoms with Gasteiger partial charge in [0, 0.05) is 17.7 Å². The van der Waals surface area contributed by atoms with Gasteiger partial charge in [0.25, 0.3) is 5.56 Å². The average molecular weight is 405 g/mol. The summed E-state index contributed by atoms with van der Waals surface area (Å²) in [5, 5.41) is 3.09. The van der Waals surface area contributed by atoms with Gasteiger partial charge in [-0.1, -0.05) is 0 Å². The molecule has 0 bridgehead atoms. The molecular formula is C16H9F6N3O3. The number of ether oxygens (including phenoxy) is 1. The van der Waals surface area contributed by atoms with Crippen LogP contribution in [0.3, 0.4) is 0 Å². The molecule has 2 heterocycles. The molecule has 0 amide bonds. The van der Waals surface area contributed by atoms with Gasteiger partial charge in [0.1, 0.15) is 11.4 Å². The van der Waals surface area contributed by atoms with Crippen LogP contribution in [0.5, 0.6) is 0 Å². The van der Waals surface area contributed by atoms with Crippen LogP contribution >= 0.6 is 0 Å². The molecule has 0 saturated carbocycles. The first-order valence-corrected chi connectivity index (χ1v) is 7.59. The second-order valence-corrected chi connectivity index (χ2v) is 5.47. The van der Waals surface area contributed by atoms with Crippen molar-refractivity contribution in [2.45, 2.75) is 13.1 Å². The van der Waals surface area contributed by atoms with Gasteiger partial charge >= 0.3 is 12.1 Å². The number of nitrogens with one attached hydrogen (secondary N) is 1. The molecule has 1 N–H and O–H groups in total. The Labute approximate surface area is 151 Å². The van der Waals surface area contributed by atoms with Crippen molar-refractivity contribution in [2.75, 3.05) is 6.61 Å². The third kappa shape index (κ3) is 3.21. The lowest BCUT2D eigenvalue weighted by molar-refractivity contribution is -0.141. The zero-order valence-electron chi connectivity index (χ0n) is 13.8. The fourth-order valence-electron chi connectivity index (χ4n) is 2.51. The number of rotatable bonds is 3. The minimum absolute atomic E-state index is 0.205. The first-order valence-electron chi connectivity index (χ1n) is 7.59. The van der Waals surface area contributed by atoms with Gasteiger partial charge in [-0.15, -0.1) is 0 Å². The van der Waals surface area contributed by atoms with Gasteiger partial charge in [-0.2, -0.15) is 22.8 Å². The number of carbonyl (C=O) groups excluding carboxylic acids is 1. The lowest BCUT2D eigenvalue weighted by Gasteiger charge is -2.07. The number of hydrogen-bond donors (Lipinski definition) is 1. The third-order valence-electron chi connectivity index (χ3n) is 3.66. The van der Waals surface area contributed by atoms with Crippen molar-refractivity contribution in [3.8, 4) is 11.3 Å². The molecule has 148 valence electrons. The van der Waals surface area contributed by atoms with Crippen molar-refractivity contribution in [3.63, 3.8) is 0 Å². The van der Waals surface area contributed by atoms with Crippen molar-refractivity contribution in [1.29, 1.82) is 0 Å². The summed E-state index contributed by atoms with van der Waals surface area (Å²) < 4.78 is 85.1. The van der Waals surface area contributed by atoms with Crippen LogP contribution in [0.2, 0.25) is 0 Å². The number of fused-ring (bicyclic) bond motifs is 1. The maximum absolute atomic E-state index is 14.0. The van der Waals surface area contributed by atoms with Gasteiger partial charge in [0.05, 0.1) is 12.3 Å². The first kappa shape index (κ1) is 19.5. The standard InChI is InChI=1S/C16H9F6N3O3/c1-2-28-15(27)12-13(16(20,21)22)24-25-11(26)5-10(23-14(12)25)6-3-8(18)9(19)4-7(6)17/h3-5,23H,2H2,1H3. The zero-order valence-corrected chi connectivity index (χ0v) is 13.8. The molecule has 0 unspecified atom stereocenters. The smallest absolute Gasteiger partial charge is 0.436 e. The highest BCUT2D eigenvalue weighted by atomic mass is 19.4. The number of carbonyl (C=O) groups is 1. The molecule has 3 aromatic rings. The van der Waals surface area contributed by atoms with E-state index in [1.54, 1.807) is 0 Å². The normalized spacial score (nSPS) is 11.8. The molecule has 0 aliphatic rings. The lowest BCUT2D eigenvalue weighted by Crippen LogP contribution is -2.16. The largest absolute Gasteiger partial charge is 0.462 e. The molecular weight excluding hydrogens is 396 g/mol. The maximum atomic E-state index is 14.0. The van der Waals surface area contributed by atoms with E-state index in [1.807, 2.05) is 0 Å². The average Bonchev–Trinajstić information content (AvgIpc) is 2.99. The molecule has 2 aromatic heterocycles. The molecule has 3 rings (SSSR count). The number of H-pyrrole nitrogens is 1. The van der Waals surface area contributed by atoms with Crippen LogP contribution in [0, 0.1) is 17.5 Å². The van der Waals surface area contributed by atoms with Gasteiger partial charge in [-0.3, -0.25) is 4.79 Å². The van der Waals surface area contributed by atoms with Gasteiger partial charge in [0.2, 0.25) is 0 Å². The summed E-state index contributed by atoms with van der Waals surface area (Å²) >= 11 is 0. The van der Waals surface area contributed by atoms with Crippen molar-refractivity contribution < 1.29 is 35.9 Å². The minimum Gasteiger partial charge on any atom is -0.462 e. The van der Waals surface area contributed by atoms with E-state index in [2.05, 4.69) is 14.8 Å². The summed E-state index contributed by atoms with van der Waals surface area (Å²) in [6, 6.07) is 1.25. The minimum atomic E-state index is -5.11. The molecule has 0 radical (unpaired) electrons. The van der Waals surface area contributed by atoms with Gasteiger partial charge < -0.3 is 9.72 Å². The van der Waals surface area contributed by atoms with Crippen LogP contribution in [0.25, 0.3) is 16.9 Å². The van der Waals surface area contributed by atoms with Gasteiger partial charge in [-0.25, -0.2) is 18.0 Å². The van der Waals surface area contributed by atoms with Crippen LogP contribution in [-0.4, -0.2) is 27.2 Å². The van der Waals surface area contributed by atoms with E-state index < -0.39 is 63.3 Å². The predicted molar refractivity (Wildman–Crippen MR) is 82.1 cm³/mol. The van der Waals surface area contributed by atoms with Crippen LogP contribution in [0.15, 0.2) is 23.0 Å². The van der Waals surface area contributed by atoms with E-state index in [-0.39, 0.29) is 17.2 Å². The molecule has 28 heavy (non-hydrogen) atoms. The molecule has 0 fully saturated rings. The van der Waals surface area contributed by atoms with E-state index >= 15 is 0 Å².